The molecule has 1 amide bonds. The Bertz CT molecular complexity index is 2020. The highest BCUT2D eigenvalue weighted by molar-refractivity contribution is 5.85. The number of hydrogen-bond donors (Lipinski definition) is 1. The van der Waals surface area contributed by atoms with Crippen LogP contribution in [0.25, 0.3) is 22.3 Å². The van der Waals surface area contributed by atoms with Gasteiger partial charge in [0.1, 0.15) is 5.60 Å². The van der Waals surface area contributed by atoms with E-state index in [4.69, 9.17) is 15.3 Å². The van der Waals surface area contributed by atoms with E-state index < -0.39 is 17.5 Å². The fourth-order valence-corrected chi connectivity index (χ4v) is 8.33. The van der Waals surface area contributed by atoms with E-state index in [0.29, 0.717) is 45.8 Å². The lowest BCUT2D eigenvalue weighted by Crippen LogP contribution is -2.40. The molecule has 2 aromatic carbocycles. The van der Waals surface area contributed by atoms with Gasteiger partial charge in [0.05, 0.1) is 23.3 Å². The molecule has 4 saturated heterocycles. The van der Waals surface area contributed by atoms with Gasteiger partial charge >= 0.3 is 6.09 Å². The molecule has 6 atom stereocenters. The second kappa shape index (κ2) is 15.0. The Hall–Kier alpha value is -4.90. The first-order valence-corrected chi connectivity index (χ1v) is 17.6. The zero-order valence-corrected chi connectivity index (χ0v) is 30.2. The summed E-state index contributed by atoms with van der Waals surface area (Å²) in [5.41, 5.74) is 5.00. The van der Waals surface area contributed by atoms with E-state index in [1.165, 1.54) is 12.8 Å². The summed E-state index contributed by atoms with van der Waals surface area (Å²) in [6.07, 6.45) is 9.27. The van der Waals surface area contributed by atoms with Gasteiger partial charge in [0.25, 0.3) is 0 Å². The first kappa shape index (κ1) is 36.9. The van der Waals surface area contributed by atoms with E-state index in [0.717, 1.165) is 42.4 Å². The smallest absolute Gasteiger partial charge is 0.410 e. The summed E-state index contributed by atoms with van der Waals surface area (Å²) < 4.78 is 34.2. The SMILES string of the molecule is CC(C)(C)OC(=O)N1C2CCC1C(c1cnc(F)c(-c3ccc(C#N)cc3)c1)C2.Cl.N#Cc1ccc(-c2cc(C3CC4CCC3N4)cnc2F)cc1. The maximum Gasteiger partial charge on any atom is 0.410 e. The molecule has 6 unspecified atom stereocenters. The standard InChI is InChI=1S/C23H24FN3O2.C18H16FN3.ClH/c1-23(2,3)29-22(28)27-17-8-9-20(27)18(11-17)16-10-19(21(24)26-13-16)15-6-4-14(12-25)5-7-15;19-18-16(12-3-1-11(9-20)2-4-12)7-13(10-21-18)15-8-14-5-6-17(15)22-14;/h4-7,10,13,17-18,20H,8-9,11H2,1-3H3;1-4,7,10,14-15,17,22H,5-6,8H2;1H. The number of halogens is 3. The molecule has 6 heterocycles. The fourth-order valence-electron chi connectivity index (χ4n) is 8.33. The van der Waals surface area contributed by atoms with E-state index in [1.54, 1.807) is 60.9 Å². The van der Waals surface area contributed by atoms with E-state index in [-0.39, 0.29) is 36.5 Å². The average Bonchev–Trinajstić information content (AvgIpc) is 3.94. The van der Waals surface area contributed by atoms with Crippen molar-refractivity contribution in [3.05, 3.63) is 107 Å². The third-order valence-electron chi connectivity index (χ3n) is 10.7. The Morgan fingerprint density at radius 1 is 0.808 bits per heavy atom. The molecule has 0 aliphatic carbocycles. The van der Waals surface area contributed by atoms with Crippen LogP contribution in [0.3, 0.4) is 0 Å². The van der Waals surface area contributed by atoms with Crippen LogP contribution in [0.2, 0.25) is 0 Å². The van der Waals surface area contributed by atoms with Crippen molar-refractivity contribution in [2.45, 2.75) is 101 Å². The lowest BCUT2D eigenvalue weighted by molar-refractivity contribution is 0.0213. The Morgan fingerprint density at radius 2 is 1.35 bits per heavy atom. The van der Waals surface area contributed by atoms with Crippen molar-refractivity contribution < 1.29 is 18.3 Å². The molecular formula is C41H41ClF2N6O2. The van der Waals surface area contributed by atoms with Gasteiger partial charge < -0.3 is 15.0 Å². The summed E-state index contributed by atoms with van der Waals surface area (Å²) in [6, 6.07) is 23.0. The lowest BCUT2D eigenvalue weighted by Gasteiger charge is -2.28. The van der Waals surface area contributed by atoms with E-state index in [9.17, 15) is 13.6 Å². The molecule has 52 heavy (non-hydrogen) atoms. The third-order valence-corrected chi connectivity index (χ3v) is 10.7. The van der Waals surface area contributed by atoms with E-state index >= 15 is 0 Å². The zero-order chi connectivity index (χ0) is 35.9. The molecule has 8 nitrogen and oxygen atoms in total. The number of aromatic nitrogens is 2. The minimum absolute atomic E-state index is 0. The molecule has 4 aromatic rings. The predicted octanol–water partition coefficient (Wildman–Crippen LogP) is 8.80. The summed E-state index contributed by atoms with van der Waals surface area (Å²) in [6.45, 7) is 5.61. The molecule has 4 aliphatic heterocycles. The molecule has 268 valence electrons. The molecule has 4 aliphatic rings. The number of nitrogens with zero attached hydrogens (tertiary/aromatic N) is 5. The number of carbonyl (C=O) groups excluding carboxylic acids is 1. The van der Waals surface area contributed by atoms with Gasteiger partial charge in [0.15, 0.2) is 0 Å². The first-order chi connectivity index (χ1) is 24.5. The number of ether oxygens (including phenoxy) is 1. The molecule has 0 spiro atoms. The molecule has 4 fully saturated rings. The summed E-state index contributed by atoms with van der Waals surface area (Å²) in [5, 5.41) is 21.4. The second-order valence-electron chi connectivity index (χ2n) is 15.0. The van der Waals surface area contributed by atoms with Crippen molar-refractivity contribution in [1.29, 1.82) is 10.5 Å². The zero-order valence-electron chi connectivity index (χ0n) is 29.4. The minimum Gasteiger partial charge on any atom is -0.444 e. The average molecular weight is 723 g/mol. The van der Waals surface area contributed by atoms with E-state index in [1.807, 2.05) is 37.8 Å². The van der Waals surface area contributed by atoms with Gasteiger partial charge in [-0.05, 0) is 118 Å². The number of benzene rings is 2. The van der Waals surface area contributed by atoms with Gasteiger partial charge in [-0.15, -0.1) is 12.4 Å². The van der Waals surface area contributed by atoms with Crippen LogP contribution in [-0.2, 0) is 4.74 Å². The van der Waals surface area contributed by atoms with Gasteiger partial charge in [0, 0.05) is 59.5 Å². The minimum atomic E-state index is -0.536. The molecule has 2 aromatic heterocycles. The van der Waals surface area contributed by atoms with Crippen LogP contribution >= 0.6 is 12.4 Å². The third kappa shape index (κ3) is 7.51. The van der Waals surface area contributed by atoms with Crippen LogP contribution in [0, 0.1) is 34.6 Å². The van der Waals surface area contributed by atoms with Crippen LogP contribution in [-0.4, -0.2) is 50.7 Å². The summed E-state index contributed by atoms with van der Waals surface area (Å²) in [4.78, 5) is 22.5. The van der Waals surface area contributed by atoms with Crippen LogP contribution in [0.5, 0.6) is 0 Å². The number of rotatable bonds is 4. The lowest BCUT2D eigenvalue weighted by atomic mass is 9.84. The number of nitriles is 2. The molecule has 0 saturated carbocycles. The summed E-state index contributed by atoms with van der Waals surface area (Å²) in [7, 11) is 0. The molecule has 11 heteroatoms. The topological polar surface area (TPSA) is 115 Å². The highest BCUT2D eigenvalue weighted by Gasteiger charge is 2.50. The maximum absolute atomic E-state index is 14.4. The summed E-state index contributed by atoms with van der Waals surface area (Å²) in [5.74, 6) is -0.439. The highest BCUT2D eigenvalue weighted by Crippen LogP contribution is 2.48. The van der Waals surface area contributed by atoms with Crippen LogP contribution in [0.1, 0.15) is 93.4 Å². The van der Waals surface area contributed by atoms with Gasteiger partial charge in [-0.1, -0.05) is 24.3 Å². The van der Waals surface area contributed by atoms with Crippen molar-refractivity contribution in [3.63, 3.8) is 0 Å². The van der Waals surface area contributed by atoms with Crippen molar-refractivity contribution in [1.82, 2.24) is 20.2 Å². The molecule has 8 rings (SSSR count). The number of amides is 1. The first-order valence-electron chi connectivity index (χ1n) is 17.6. The molecule has 0 radical (unpaired) electrons. The summed E-state index contributed by atoms with van der Waals surface area (Å²) >= 11 is 0. The molecule has 4 bridgehead atoms. The number of hydrogen-bond acceptors (Lipinski definition) is 7. The largest absolute Gasteiger partial charge is 0.444 e. The molecular weight excluding hydrogens is 682 g/mol. The van der Waals surface area contributed by atoms with Gasteiger partial charge in [-0.2, -0.15) is 19.3 Å². The predicted molar refractivity (Wildman–Crippen MR) is 195 cm³/mol. The second-order valence-corrected chi connectivity index (χ2v) is 15.0. The van der Waals surface area contributed by atoms with Crippen LogP contribution in [0.15, 0.2) is 73.1 Å². The normalized spacial score (nSPS) is 23.9. The Balaban J connectivity index is 0.000000181. The van der Waals surface area contributed by atoms with Crippen molar-refractivity contribution in [2.24, 2.45) is 0 Å². The Kier molecular flexibility index (Phi) is 10.6. The Morgan fingerprint density at radius 3 is 1.81 bits per heavy atom. The van der Waals surface area contributed by atoms with Crippen molar-refractivity contribution in [3.8, 4) is 34.4 Å². The number of nitrogens with one attached hydrogen (secondary N) is 1. The number of carbonyl (C=O) groups is 1. The van der Waals surface area contributed by atoms with Gasteiger partial charge in [-0.25, -0.2) is 14.8 Å². The molecule has 1 N–H and O–H groups in total. The van der Waals surface area contributed by atoms with Crippen molar-refractivity contribution >= 4 is 18.5 Å². The van der Waals surface area contributed by atoms with Gasteiger partial charge in [-0.3, -0.25) is 0 Å². The monoisotopic (exact) mass is 722 g/mol. The van der Waals surface area contributed by atoms with Crippen LogP contribution in [0.4, 0.5) is 13.6 Å². The van der Waals surface area contributed by atoms with Gasteiger partial charge in [0.2, 0.25) is 11.9 Å². The highest BCUT2D eigenvalue weighted by atomic mass is 35.5. The fraction of sp³-hybridized carbons (Fsp3) is 0.390. The maximum atomic E-state index is 14.4. The number of pyridine rings is 2. The van der Waals surface area contributed by atoms with Crippen molar-refractivity contribution in [2.75, 3.05) is 0 Å². The Labute approximate surface area is 309 Å². The quantitative estimate of drug-likeness (QED) is 0.209. The number of fused-ring (bicyclic) bond motifs is 4. The van der Waals surface area contributed by atoms with Crippen LogP contribution < -0.4 is 5.32 Å². The van der Waals surface area contributed by atoms with E-state index in [2.05, 4.69) is 27.4 Å².